The fraction of sp³-hybridized carbons (Fsp3) is 0.231. The molecule has 0 spiro atoms. The van der Waals surface area contributed by atoms with E-state index in [-0.39, 0.29) is 0 Å². The van der Waals surface area contributed by atoms with E-state index in [1.165, 1.54) is 5.56 Å². The molecule has 0 aliphatic rings. The summed E-state index contributed by atoms with van der Waals surface area (Å²) in [5, 5.41) is 3.31. The molecule has 0 amide bonds. The van der Waals surface area contributed by atoms with Gasteiger partial charge in [0.1, 0.15) is 11.5 Å². The minimum Gasteiger partial charge on any atom is -0.497 e. The Kier molecular flexibility index (Phi) is 4.23. The number of rotatable bonds is 5. The Morgan fingerprint density at radius 3 is 2.82 bits per heavy atom. The summed E-state index contributed by atoms with van der Waals surface area (Å²) < 4.78 is 11.3. The lowest BCUT2D eigenvalue weighted by atomic mass is 10.2. The maximum atomic E-state index is 5.40. The van der Waals surface area contributed by atoms with Gasteiger partial charge in [-0.05, 0) is 45.8 Å². The van der Waals surface area contributed by atoms with E-state index in [9.17, 15) is 0 Å². The fourth-order valence-corrected chi connectivity index (χ4v) is 1.90. The summed E-state index contributed by atoms with van der Waals surface area (Å²) in [5.74, 6) is 1.80. The second-order valence-electron chi connectivity index (χ2n) is 3.66. The van der Waals surface area contributed by atoms with Crippen molar-refractivity contribution < 1.29 is 9.15 Å². The topological polar surface area (TPSA) is 34.4 Å². The Hall–Kier alpha value is -1.26. The predicted molar refractivity (Wildman–Crippen MR) is 69.9 cm³/mol. The third-order valence-corrected chi connectivity index (χ3v) is 2.82. The lowest BCUT2D eigenvalue weighted by molar-refractivity contribution is 0.414. The molecule has 2 aromatic rings. The normalized spacial score (nSPS) is 10.5. The van der Waals surface area contributed by atoms with Crippen molar-refractivity contribution >= 4 is 15.9 Å². The van der Waals surface area contributed by atoms with Crippen molar-refractivity contribution in [2.75, 3.05) is 7.11 Å². The summed E-state index contributed by atoms with van der Waals surface area (Å²) in [6, 6.07) is 11.8. The second kappa shape index (κ2) is 5.89. The molecule has 1 N–H and O–H groups in total. The molecule has 1 heterocycles. The quantitative estimate of drug-likeness (QED) is 0.919. The minimum absolute atomic E-state index is 0.711. The maximum Gasteiger partial charge on any atom is 0.169 e. The molecule has 1 aromatic heterocycles. The van der Waals surface area contributed by atoms with Gasteiger partial charge in [-0.25, -0.2) is 0 Å². The van der Waals surface area contributed by atoms with Crippen LogP contribution in [0.15, 0.2) is 45.5 Å². The van der Waals surface area contributed by atoms with Gasteiger partial charge in [-0.3, -0.25) is 0 Å². The summed E-state index contributed by atoms with van der Waals surface area (Å²) in [7, 11) is 1.67. The first kappa shape index (κ1) is 12.2. The number of halogens is 1. The number of nitrogens with one attached hydrogen (secondary N) is 1. The molecule has 0 aliphatic heterocycles. The maximum absolute atomic E-state index is 5.40. The molecule has 0 radical (unpaired) electrons. The Balaban J connectivity index is 1.85. The lowest BCUT2D eigenvalue weighted by Gasteiger charge is -2.05. The molecule has 4 heteroatoms. The van der Waals surface area contributed by atoms with Crippen LogP contribution in [-0.4, -0.2) is 7.11 Å². The Morgan fingerprint density at radius 1 is 1.24 bits per heavy atom. The van der Waals surface area contributed by atoms with Gasteiger partial charge in [0.25, 0.3) is 0 Å². The van der Waals surface area contributed by atoms with Crippen LogP contribution < -0.4 is 10.1 Å². The van der Waals surface area contributed by atoms with Crippen LogP contribution in [0.2, 0.25) is 0 Å². The predicted octanol–water partition coefficient (Wildman–Crippen LogP) is 3.34. The molecule has 0 fully saturated rings. The van der Waals surface area contributed by atoms with Gasteiger partial charge in [0.05, 0.1) is 13.7 Å². The van der Waals surface area contributed by atoms with Gasteiger partial charge in [-0.1, -0.05) is 12.1 Å². The Labute approximate surface area is 109 Å². The van der Waals surface area contributed by atoms with Crippen LogP contribution in [0, 0.1) is 0 Å². The smallest absolute Gasteiger partial charge is 0.169 e. The second-order valence-corrected chi connectivity index (χ2v) is 4.44. The third kappa shape index (κ3) is 3.61. The van der Waals surface area contributed by atoms with Crippen molar-refractivity contribution in [3.63, 3.8) is 0 Å². The molecule has 1 aromatic carbocycles. The van der Waals surface area contributed by atoms with Gasteiger partial charge in [0.15, 0.2) is 4.67 Å². The van der Waals surface area contributed by atoms with E-state index in [1.807, 2.05) is 30.3 Å². The summed E-state index contributed by atoms with van der Waals surface area (Å²) in [5.41, 5.74) is 1.19. The van der Waals surface area contributed by atoms with E-state index in [1.54, 1.807) is 7.11 Å². The molecular weight excluding hydrogens is 282 g/mol. The molecule has 2 rings (SSSR count). The first-order chi connectivity index (χ1) is 8.28. The summed E-state index contributed by atoms with van der Waals surface area (Å²) in [6.07, 6.45) is 0. The molecule has 0 unspecified atom stereocenters. The third-order valence-electron chi connectivity index (χ3n) is 2.39. The van der Waals surface area contributed by atoms with E-state index in [0.29, 0.717) is 6.54 Å². The Bertz CT molecular complexity index is 482. The molecule has 0 atom stereocenters. The highest BCUT2D eigenvalue weighted by Crippen LogP contribution is 2.15. The standard InChI is InChI=1S/C13H14BrNO2/c1-16-11-4-2-3-10(7-11)8-15-9-12-5-6-13(14)17-12/h2-7,15H,8-9H2,1H3. The lowest BCUT2D eigenvalue weighted by Crippen LogP contribution is -2.12. The highest BCUT2D eigenvalue weighted by molar-refractivity contribution is 9.10. The van der Waals surface area contributed by atoms with Crippen molar-refractivity contribution in [1.29, 1.82) is 0 Å². The zero-order chi connectivity index (χ0) is 12.1. The SMILES string of the molecule is COc1cccc(CNCc2ccc(Br)o2)c1. The Morgan fingerprint density at radius 2 is 2.12 bits per heavy atom. The zero-order valence-corrected chi connectivity index (χ0v) is 11.2. The average molecular weight is 296 g/mol. The number of ether oxygens (including phenoxy) is 1. The monoisotopic (exact) mass is 295 g/mol. The van der Waals surface area contributed by atoms with Crippen molar-refractivity contribution in [3.8, 4) is 5.75 Å². The van der Waals surface area contributed by atoms with E-state index < -0.39 is 0 Å². The number of methoxy groups -OCH3 is 1. The highest BCUT2D eigenvalue weighted by atomic mass is 79.9. The van der Waals surface area contributed by atoms with Crippen molar-refractivity contribution in [3.05, 3.63) is 52.4 Å². The van der Waals surface area contributed by atoms with Gasteiger partial charge >= 0.3 is 0 Å². The van der Waals surface area contributed by atoms with Crippen LogP contribution in [0.1, 0.15) is 11.3 Å². The number of hydrogen-bond donors (Lipinski definition) is 1. The van der Waals surface area contributed by atoms with Crippen LogP contribution in [0.5, 0.6) is 5.75 Å². The minimum atomic E-state index is 0.711. The van der Waals surface area contributed by atoms with Crippen LogP contribution in [0.4, 0.5) is 0 Å². The van der Waals surface area contributed by atoms with E-state index >= 15 is 0 Å². The van der Waals surface area contributed by atoms with E-state index in [0.717, 1.165) is 22.7 Å². The van der Waals surface area contributed by atoms with Crippen molar-refractivity contribution in [2.24, 2.45) is 0 Å². The van der Waals surface area contributed by atoms with Gasteiger partial charge in [-0.15, -0.1) is 0 Å². The highest BCUT2D eigenvalue weighted by Gasteiger charge is 1.99. The number of hydrogen-bond acceptors (Lipinski definition) is 3. The number of furan rings is 1. The fourth-order valence-electron chi connectivity index (χ4n) is 1.56. The molecule has 0 aliphatic carbocycles. The van der Waals surface area contributed by atoms with E-state index in [2.05, 4.69) is 27.3 Å². The van der Waals surface area contributed by atoms with Gasteiger partial charge in [0.2, 0.25) is 0 Å². The molecule has 0 saturated heterocycles. The molecule has 0 bridgehead atoms. The molecule has 90 valence electrons. The van der Waals surface area contributed by atoms with Gasteiger partial charge in [0, 0.05) is 6.54 Å². The molecule has 17 heavy (non-hydrogen) atoms. The summed E-state index contributed by atoms with van der Waals surface area (Å²) >= 11 is 3.28. The molecule has 0 saturated carbocycles. The zero-order valence-electron chi connectivity index (χ0n) is 9.57. The summed E-state index contributed by atoms with van der Waals surface area (Å²) in [6.45, 7) is 1.50. The largest absolute Gasteiger partial charge is 0.497 e. The van der Waals surface area contributed by atoms with Crippen LogP contribution in [-0.2, 0) is 13.1 Å². The molecule has 3 nitrogen and oxygen atoms in total. The average Bonchev–Trinajstić information content (AvgIpc) is 2.75. The first-order valence-corrected chi connectivity index (χ1v) is 6.15. The first-order valence-electron chi connectivity index (χ1n) is 5.36. The van der Waals surface area contributed by atoms with Gasteiger partial charge < -0.3 is 14.5 Å². The van der Waals surface area contributed by atoms with E-state index in [4.69, 9.17) is 9.15 Å². The van der Waals surface area contributed by atoms with Gasteiger partial charge in [-0.2, -0.15) is 0 Å². The van der Waals surface area contributed by atoms with Crippen LogP contribution in [0.25, 0.3) is 0 Å². The van der Waals surface area contributed by atoms with Crippen molar-refractivity contribution in [2.45, 2.75) is 13.1 Å². The summed E-state index contributed by atoms with van der Waals surface area (Å²) in [4.78, 5) is 0. The molecular formula is C13H14BrNO2. The van der Waals surface area contributed by atoms with Crippen molar-refractivity contribution in [1.82, 2.24) is 5.32 Å². The van der Waals surface area contributed by atoms with Crippen LogP contribution >= 0.6 is 15.9 Å². The van der Waals surface area contributed by atoms with Crippen LogP contribution in [0.3, 0.4) is 0 Å². The number of benzene rings is 1.